The van der Waals surface area contributed by atoms with Gasteiger partial charge in [-0.3, -0.25) is 4.79 Å². The predicted molar refractivity (Wildman–Crippen MR) is 95.7 cm³/mol. The molecule has 9 heteroatoms. The topological polar surface area (TPSA) is 99.1 Å². The summed E-state index contributed by atoms with van der Waals surface area (Å²) in [6.07, 6.45) is -0.0309. The summed E-state index contributed by atoms with van der Waals surface area (Å²) in [7, 11) is 1.79. The second kappa shape index (κ2) is 7.18. The van der Waals surface area contributed by atoms with Crippen LogP contribution in [-0.4, -0.2) is 32.8 Å². The molecule has 1 aromatic heterocycles. The summed E-state index contributed by atoms with van der Waals surface area (Å²) < 4.78 is 0. The second-order valence-corrected chi connectivity index (χ2v) is 6.19. The molecule has 1 amide bonds. The Labute approximate surface area is 150 Å². The van der Waals surface area contributed by atoms with Gasteiger partial charge in [0.25, 0.3) is 0 Å². The average molecular weight is 352 g/mol. The predicted octanol–water partition coefficient (Wildman–Crippen LogP) is 0.206. The molecule has 0 unspecified atom stereocenters. The van der Waals surface area contributed by atoms with Crippen molar-refractivity contribution in [3.05, 3.63) is 59.7 Å². The van der Waals surface area contributed by atoms with Crippen LogP contribution in [0.2, 0.25) is 0 Å². The maximum Gasteiger partial charge on any atom is 0.246 e. The largest absolute Gasteiger partial charge is 0.340 e. The Balaban J connectivity index is 1.41. The van der Waals surface area contributed by atoms with E-state index in [1.165, 1.54) is 4.80 Å². The van der Waals surface area contributed by atoms with E-state index in [4.69, 9.17) is 0 Å². The lowest BCUT2D eigenvalue weighted by atomic mass is 10.1. The molecule has 4 rings (SSSR count). The number of carbonyl (C=O) groups excluding carboxylic acids is 1. The summed E-state index contributed by atoms with van der Waals surface area (Å²) in [5.41, 5.74) is 15.4. The zero-order valence-electron chi connectivity index (χ0n) is 14.3. The highest BCUT2D eigenvalue weighted by molar-refractivity contribution is 5.77. The highest BCUT2D eigenvalue weighted by atomic mass is 16.2. The summed E-state index contributed by atoms with van der Waals surface area (Å²) in [6.45, 7) is 0.630. The number of nitrogens with one attached hydrogen (secondary N) is 4. The highest BCUT2D eigenvalue weighted by Gasteiger charge is 2.16. The number of nitrogens with zero attached hydrogens (tertiary/aromatic N) is 4. The maximum absolute atomic E-state index is 12.5. The molecular formula is C17H20N8O. The van der Waals surface area contributed by atoms with E-state index < -0.39 is 0 Å². The van der Waals surface area contributed by atoms with Crippen molar-refractivity contribution in [1.82, 2.24) is 41.8 Å². The smallest absolute Gasteiger partial charge is 0.246 e. The number of hydrogen-bond donors (Lipinski definition) is 4. The Bertz CT molecular complexity index is 885. The number of carbonyl (C=O) groups is 1. The number of hydrogen-bond acceptors (Lipinski definition) is 7. The van der Waals surface area contributed by atoms with Crippen LogP contribution < -0.4 is 21.9 Å². The van der Waals surface area contributed by atoms with Gasteiger partial charge in [-0.05, 0) is 23.3 Å². The molecule has 1 fully saturated rings. The molecule has 1 saturated heterocycles. The van der Waals surface area contributed by atoms with E-state index in [0.29, 0.717) is 6.54 Å². The first-order valence-corrected chi connectivity index (χ1v) is 8.33. The fraction of sp³-hybridized carbons (Fsp3) is 0.235. The first kappa shape index (κ1) is 16.6. The lowest BCUT2D eigenvalue weighted by Gasteiger charge is -2.18. The molecule has 2 heterocycles. The van der Waals surface area contributed by atoms with Crippen LogP contribution in [0.15, 0.2) is 48.5 Å². The van der Waals surface area contributed by atoms with Gasteiger partial charge in [-0.25, -0.2) is 10.9 Å². The standard InChI is InChI=1S/C17H20N8O/c1-24(10-12-5-4-6-13(9-12)17-18-22-23-19-17)16(26)11-25-20-14-7-2-3-8-15(14)21-25/h2-9,17-19,22-23H,10-11H2,1H3. The first-order chi connectivity index (χ1) is 12.7. The van der Waals surface area contributed by atoms with Crippen molar-refractivity contribution < 1.29 is 4.79 Å². The summed E-state index contributed by atoms with van der Waals surface area (Å²) in [5.74, 6) is -0.0452. The number of hydrazine groups is 3. The third-order valence-electron chi connectivity index (χ3n) is 4.23. The summed E-state index contributed by atoms with van der Waals surface area (Å²) in [4.78, 5) is 15.6. The van der Waals surface area contributed by atoms with E-state index in [1.54, 1.807) is 11.9 Å². The molecular weight excluding hydrogens is 332 g/mol. The van der Waals surface area contributed by atoms with Crippen molar-refractivity contribution in [2.75, 3.05) is 7.05 Å². The minimum atomic E-state index is -0.0452. The van der Waals surface area contributed by atoms with E-state index in [0.717, 1.165) is 22.2 Å². The summed E-state index contributed by atoms with van der Waals surface area (Å²) in [5, 5.41) is 8.67. The highest BCUT2D eigenvalue weighted by Crippen LogP contribution is 2.14. The van der Waals surface area contributed by atoms with Gasteiger partial charge in [-0.2, -0.15) is 26.1 Å². The normalized spacial score (nSPS) is 14.8. The van der Waals surface area contributed by atoms with Gasteiger partial charge < -0.3 is 4.90 Å². The van der Waals surface area contributed by atoms with Crippen LogP contribution in [0.4, 0.5) is 0 Å². The molecule has 1 aliphatic heterocycles. The van der Waals surface area contributed by atoms with Crippen molar-refractivity contribution in [2.45, 2.75) is 19.3 Å². The third kappa shape index (κ3) is 3.55. The van der Waals surface area contributed by atoms with Gasteiger partial charge in [0.2, 0.25) is 5.91 Å². The Hall–Kier alpha value is -2.85. The first-order valence-electron chi connectivity index (χ1n) is 8.33. The van der Waals surface area contributed by atoms with Crippen LogP contribution in [0.3, 0.4) is 0 Å². The zero-order valence-corrected chi connectivity index (χ0v) is 14.3. The number of benzene rings is 2. The van der Waals surface area contributed by atoms with E-state index in [-0.39, 0.29) is 18.6 Å². The molecule has 0 saturated carbocycles. The quantitative estimate of drug-likeness (QED) is 0.521. The Morgan fingerprint density at radius 2 is 1.77 bits per heavy atom. The molecule has 9 nitrogen and oxygen atoms in total. The Morgan fingerprint density at radius 1 is 1.08 bits per heavy atom. The second-order valence-electron chi connectivity index (χ2n) is 6.19. The molecule has 0 radical (unpaired) electrons. The fourth-order valence-electron chi connectivity index (χ4n) is 2.87. The third-order valence-corrected chi connectivity index (χ3v) is 4.23. The van der Waals surface area contributed by atoms with Gasteiger partial charge in [0.15, 0.2) is 0 Å². The van der Waals surface area contributed by atoms with E-state index in [9.17, 15) is 4.79 Å². The number of aromatic nitrogens is 3. The molecule has 3 aromatic rings. The van der Waals surface area contributed by atoms with Crippen molar-refractivity contribution in [1.29, 1.82) is 0 Å². The minimum Gasteiger partial charge on any atom is -0.340 e. The zero-order chi connectivity index (χ0) is 17.9. The lowest BCUT2D eigenvalue weighted by Crippen LogP contribution is -2.33. The van der Waals surface area contributed by atoms with Gasteiger partial charge in [0.05, 0.1) is 0 Å². The molecule has 0 bridgehead atoms. The summed E-state index contributed by atoms with van der Waals surface area (Å²) >= 11 is 0. The monoisotopic (exact) mass is 352 g/mol. The number of likely N-dealkylation sites (N-methyl/N-ethyl adjacent to an activating group) is 1. The molecule has 134 valence electrons. The fourth-order valence-corrected chi connectivity index (χ4v) is 2.87. The Morgan fingerprint density at radius 3 is 2.46 bits per heavy atom. The maximum atomic E-state index is 12.5. The van der Waals surface area contributed by atoms with Crippen LogP contribution >= 0.6 is 0 Å². The minimum absolute atomic E-state index is 0.0309. The van der Waals surface area contributed by atoms with Gasteiger partial charge >= 0.3 is 0 Å². The van der Waals surface area contributed by atoms with Gasteiger partial charge in [-0.1, -0.05) is 36.4 Å². The number of rotatable bonds is 5. The van der Waals surface area contributed by atoms with Crippen molar-refractivity contribution in [2.24, 2.45) is 0 Å². The van der Waals surface area contributed by atoms with Crippen LogP contribution in [0, 0.1) is 0 Å². The lowest BCUT2D eigenvalue weighted by molar-refractivity contribution is -0.131. The van der Waals surface area contributed by atoms with Gasteiger partial charge in [0.1, 0.15) is 23.7 Å². The van der Waals surface area contributed by atoms with Crippen LogP contribution in [0.1, 0.15) is 17.3 Å². The molecule has 0 spiro atoms. The van der Waals surface area contributed by atoms with Gasteiger partial charge in [-0.15, -0.1) is 0 Å². The molecule has 4 N–H and O–H groups in total. The molecule has 0 atom stereocenters. The van der Waals surface area contributed by atoms with E-state index >= 15 is 0 Å². The number of amides is 1. The van der Waals surface area contributed by atoms with Crippen LogP contribution in [-0.2, 0) is 17.9 Å². The average Bonchev–Trinajstić information content (AvgIpc) is 3.31. The molecule has 0 aliphatic carbocycles. The van der Waals surface area contributed by atoms with Crippen LogP contribution in [0.5, 0.6) is 0 Å². The SMILES string of the molecule is CN(Cc1cccc(C2NNNN2)c1)C(=O)Cn1nc2ccccc2n1. The van der Waals surface area contributed by atoms with Crippen LogP contribution in [0.25, 0.3) is 11.0 Å². The van der Waals surface area contributed by atoms with E-state index in [1.807, 2.05) is 42.5 Å². The molecule has 2 aromatic carbocycles. The summed E-state index contributed by atoms with van der Waals surface area (Å²) in [6, 6.07) is 15.6. The van der Waals surface area contributed by atoms with Crippen molar-refractivity contribution in [3.63, 3.8) is 0 Å². The molecule has 1 aliphatic rings. The Kier molecular flexibility index (Phi) is 4.59. The van der Waals surface area contributed by atoms with E-state index in [2.05, 4.69) is 38.2 Å². The van der Waals surface area contributed by atoms with Crippen molar-refractivity contribution >= 4 is 16.9 Å². The van der Waals surface area contributed by atoms with Gasteiger partial charge in [0, 0.05) is 13.6 Å². The van der Waals surface area contributed by atoms with Crippen molar-refractivity contribution in [3.8, 4) is 0 Å². The number of fused-ring (bicyclic) bond motifs is 1. The molecule has 26 heavy (non-hydrogen) atoms.